The van der Waals surface area contributed by atoms with Gasteiger partial charge in [-0.05, 0) is 30.7 Å². The molecular formula is C17H19ClFN3O2. The number of halogens is 2. The highest BCUT2D eigenvalue weighted by Crippen LogP contribution is 2.22. The van der Waals surface area contributed by atoms with Crippen LogP contribution in [0.25, 0.3) is 0 Å². The number of hydrogen-bond acceptors (Lipinski definition) is 4. The molecule has 0 unspecified atom stereocenters. The first-order valence-corrected chi connectivity index (χ1v) is 7.97. The second-order valence-corrected chi connectivity index (χ2v) is 5.88. The molecule has 0 aromatic heterocycles. The van der Waals surface area contributed by atoms with Crippen molar-refractivity contribution >= 4 is 17.3 Å². The predicted molar refractivity (Wildman–Crippen MR) is 92.3 cm³/mol. The van der Waals surface area contributed by atoms with Gasteiger partial charge in [0.15, 0.2) is 0 Å². The van der Waals surface area contributed by atoms with E-state index in [1.165, 1.54) is 18.2 Å². The van der Waals surface area contributed by atoms with Gasteiger partial charge in [-0.3, -0.25) is 15.0 Å². The van der Waals surface area contributed by atoms with E-state index < -0.39 is 4.92 Å². The fraction of sp³-hybridized carbons (Fsp3) is 0.294. The van der Waals surface area contributed by atoms with Crippen LogP contribution in [0.2, 0.25) is 5.02 Å². The van der Waals surface area contributed by atoms with Crippen molar-refractivity contribution in [3.05, 3.63) is 74.5 Å². The Morgan fingerprint density at radius 2 is 1.88 bits per heavy atom. The van der Waals surface area contributed by atoms with Gasteiger partial charge in [0.1, 0.15) is 5.82 Å². The molecule has 0 aliphatic rings. The topological polar surface area (TPSA) is 72.4 Å². The number of nitrogens with zero attached hydrogens (tertiary/aromatic N) is 2. The Labute approximate surface area is 145 Å². The molecule has 0 spiro atoms. The minimum absolute atomic E-state index is 0.0457. The summed E-state index contributed by atoms with van der Waals surface area (Å²) in [5.41, 5.74) is 6.97. The third-order valence-electron chi connectivity index (χ3n) is 3.68. The molecule has 0 saturated carbocycles. The standard InChI is InChI=1S/C17H19ClFN3O2/c18-16-3-1-4-17(19)15(16)12-21(10-2-9-20)11-13-5-7-14(8-6-13)22(23)24/h1,3-8H,2,9-12,20H2. The molecule has 0 amide bonds. The lowest BCUT2D eigenvalue weighted by molar-refractivity contribution is -0.384. The molecule has 2 rings (SSSR count). The molecular weight excluding hydrogens is 333 g/mol. The lowest BCUT2D eigenvalue weighted by atomic mass is 10.1. The zero-order valence-corrected chi connectivity index (χ0v) is 13.9. The first-order valence-electron chi connectivity index (χ1n) is 7.60. The Bertz CT molecular complexity index is 674. The Balaban J connectivity index is 2.14. The average Bonchev–Trinajstić information content (AvgIpc) is 2.56. The van der Waals surface area contributed by atoms with Crippen LogP contribution in [0.5, 0.6) is 0 Å². The highest BCUT2D eigenvalue weighted by molar-refractivity contribution is 6.31. The Hall–Kier alpha value is -2.02. The van der Waals surface area contributed by atoms with Gasteiger partial charge in [-0.2, -0.15) is 0 Å². The average molecular weight is 352 g/mol. The summed E-state index contributed by atoms with van der Waals surface area (Å²) in [4.78, 5) is 12.3. The summed E-state index contributed by atoms with van der Waals surface area (Å²) in [6.07, 6.45) is 0.763. The van der Waals surface area contributed by atoms with Crippen molar-refractivity contribution in [2.75, 3.05) is 13.1 Å². The van der Waals surface area contributed by atoms with Gasteiger partial charge in [-0.25, -0.2) is 4.39 Å². The lowest BCUT2D eigenvalue weighted by Gasteiger charge is -2.23. The third kappa shape index (κ3) is 4.99. The minimum Gasteiger partial charge on any atom is -0.330 e. The van der Waals surface area contributed by atoms with Crippen molar-refractivity contribution < 1.29 is 9.31 Å². The number of hydrogen-bond donors (Lipinski definition) is 1. The van der Waals surface area contributed by atoms with E-state index in [0.29, 0.717) is 36.8 Å². The molecule has 0 radical (unpaired) electrons. The minimum atomic E-state index is -0.435. The molecule has 0 aliphatic heterocycles. The largest absolute Gasteiger partial charge is 0.330 e. The van der Waals surface area contributed by atoms with Crippen LogP contribution in [0, 0.1) is 15.9 Å². The quantitative estimate of drug-likeness (QED) is 0.581. The Morgan fingerprint density at radius 1 is 1.17 bits per heavy atom. The molecule has 2 aromatic rings. The monoisotopic (exact) mass is 351 g/mol. The summed E-state index contributed by atoms with van der Waals surface area (Å²) in [5.74, 6) is -0.344. The summed E-state index contributed by atoms with van der Waals surface area (Å²) in [6, 6.07) is 11.0. The number of nitrogens with two attached hydrogens (primary N) is 1. The van der Waals surface area contributed by atoms with Gasteiger partial charge >= 0.3 is 0 Å². The van der Waals surface area contributed by atoms with Crippen LogP contribution in [-0.4, -0.2) is 22.9 Å². The zero-order valence-electron chi connectivity index (χ0n) is 13.1. The maximum atomic E-state index is 14.0. The van der Waals surface area contributed by atoms with Crippen molar-refractivity contribution in [2.45, 2.75) is 19.5 Å². The molecule has 5 nitrogen and oxygen atoms in total. The molecule has 0 saturated heterocycles. The van der Waals surface area contributed by atoms with E-state index in [1.807, 2.05) is 4.90 Å². The van der Waals surface area contributed by atoms with Gasteiger partial charge < -0.3 is 5.73 Å². The maximum Gasteiger partial charge on any atom is 0.269 e. The summed E-state index contributed by atoms with van der Waals surface area (Å²) in [6.45, 7) is 2.09. The van der Waals surface area contributed by atoms with Crippen molar-refractivity contribution in [3.8, 4) is 0 Å². The molecule has 7 heteroatoms. The number of benzene rings is 2. The van der Waals surface area contributed by atoms with Crippen LogP contribution in [0.4, 0.5) is 10.1 Å². The predicted octanol–water partition coefficient (Wildman–Crippen LogP) is 3.74. The summed E-state index contributed by atoms with van der Waals surface area (Å²) < 4.78 is 14.0. The molecule has 128 valence electrons. The summed E-state index contributed by atoms with van der Waals surface area (Å²) in [5, 5.41) is 11.1. The van der Waals surface area contributed by atoms with Crippen LogP contribution >= 0.6 is 11.6 Å². The van der Waals surface area contributed by atoms with Crippen LogP contribution in [-0.2, 0) is 13.1 Å². The fourth-order valence-corrected chi connectivity index (χ4v) is 2.64. The fourth-order valence-electron chi connectivity index (χ4n) is 2.42. The van der Waals surface area contributed by atoms with Gasteiger partial charge in [0.25, 0.3) is 5.69 Å². The lowest BCUT2D eigenvalue weighted by Crippen LogP contribution is -2.26. The van der Waals surface area contributed by atoms with Crippen molar-refractivity contribution in [1.82, 2.24) is 4.90 Å². The maximum absolute atomic E-state index is 14.0. The van der Waals surface area contributed by atoms with E-state index in [4.69, 9.17) is 17.3 Å². The first kappa shape index (κ1) is 18.3. The molecule has 0 atom stereocenters. The van der Waals surface area contributed by atoms with Crippen molar-refractivity contribution in [1.29, 1.82) is 0 Å². The van der Waals surface area contributed by atoms with Gasteiger partial charge in [-0.1, -0.05) is 29.8 Å². The summed E-state index contributed by atoms with van der Waals surface area (Å²) >= 11 is 6.10. The van der Waals surface area contributed by atoms with Crippen molar-refractivity contribution in [2.24, 2.45) is 5.73 Å². The second kappa shape index (κ2) is 8.73. The molecule has 0 fully saturated rings. The van der Waals surface area contributed by atoms with Crippen LogP contribution in [0.1, 0.15) is 17.5 Å². The van der Waals surface area contributed by atoms with E-state index in [2.05, 4.69) is 0 Å². The van der Waals surface area contributed by atoms with Crippen molar-refractivity contribution in [3.63, 3.8) is 0 Å². The number of rotatable bonds is 8. The molecule has 2 N–H and O–H groups in total. The van der Waals surface area contributed by atoms with Crippen LogP contribution in [0.15, 0.2) is 42.5 Å². The van der Waals surface area contributed by atoms with Gasteiger partial charge in [0.2, 0.25) is 0 Å². The van der Waals surface area contributed by atoms with Crippen LogP contribution < -0.4 is 5.73 Å². The third-order valence-corrected chi connectivity index (χ3v) is 4.03. The van der Waals surface area contributed by atoms with Gasteiger partial charge in [0, 0.05) is 42.4 Å². The van der Waals surface area contributed by atoms with Gasteiger partial charge in [0.05, 0.1) is 4.92 Å². The molecule has 0 bridgehead atoms. The van der Waals surface area contributed by atoms with E-state index in [1.54, 1.807) is 24.3 Å². The van der Waals surface area contributed by atoms with E-state index in [9.17, 15) is 14.5 Å². The van der Waals surface area contributed by atoms with E-state index >= 15 is 0 Å². The highest BCUT2D eigenvalue weighted by Gasteiger charge is 2.13. The summed E-state index contributed by atoms with van der Waals surface area (Å²) in [7, 11) is 0. The van der Waals surface area contributed by atoms with E-state index in [-0.39, 0.29) is 11.5 Å². The zero-order chi connectivity index (χ0) is 17.5. The number of nitro benzene ring substituents is 1. The Kier molecular flexibility index (Phi) is 6.66. The number of non-ortho nitro benzene ring substituents is 1. The van der Waals surface area contributed by atoms with E-state index in [0.717, 1.165) is 12.0 Å². The normalized spacial score (nSPS) is 11.0. The number of nitro groups is 1. The SMILES string of the molecule is NCCCN(Cc1ccc([N+](=O)[O-])cc1)Cc1c(F)cccc1Cl. The molecule has 2 aromatic carbocycles. The first-order chi connectivity index (χ1) is 11.5. The van der Waals surface area contributed by atoms with Gasteiger partial charge in [-0.15, -0.1) is 0 Å². The highest BCUT2D eigenvalue weighted by atomic mass is 35.5. The smallest absolute Gasteiger partial charge is 0.269 e. The second-order valence-electron chi connectivity index (χ2n) is 5.48. The van der Waals surface area contributed by atoms with Crippen LogP contribution in [0.3, 0.4) is 0 Å². The molecule has 0 heterocycles. The molecule has 24 heavy (non-hydrogen) atoms. The Morgan fingerprint density at radius 3 is 2.46 bits per heavy atom. The molecule has 0 aliphatic carbocycles.